The summed E-state index contributed by atoms with van der Waals surface area (Å²) >= 11 is 6.02. The zero-order chi connectivity index (χ0) is 5.86. The van der Waals surface area contributed by atoms with E-state index in [0.717, 1.165) is 0 Å². The summed E-state index contributed by atoms with van der Waals surface area (Å²) in [6, 6.07) is 0. The van der Waals surface area contributed by atoms with Gasteiger partial charge in [0.15, 0.2) is 0 Å². The van der Waals surface area contributed by atoms with E-state index >= 15 is 0 Å². The zero-order valence-corrected chi connectivity index (χ0v) is 6.57. The van der Waals surface area contributed by atoms with E-state index < -0.39 is 5.97 Å². The van der Waals surface area contributed by atoms with Gasteiger partial charge in [-0.25, -0.2) is 0 Å². The molecule has 4 heteroatoms. The molecule has 0 heterocycles. The summed E-state index contributed by atoms with van der Waals surface area (Å²) in [5, 5.41) is 8.02. The van der Waals surface area contributed by atoms with Crippen LogP contribution >= 0.6 is 31.9 Å². The van der Waals surface area contributed by atoms with Gasteiger partial charge in [0.25, 0.3) is 0 Å². The lowest BCUT2D eigenvalue weighted by Crippen LogP contribution is -1.98. The van der Waals surface area contributed by atoms with Gasteiger partial charge in [0.05, 0.1) is 10.2 Å². The maximum Gasteiger partial charge on any atom is 0.305 e. The molecule has 42 valence electrons. The van der Waals surface area contributed by atoms with Gasteiger partial charge in [-0.3, -0.25) is 4.79 Å². The maximum atomic E-state index is 9.75. The van der Waals surface area contributed by atoms with E-state index in [-0.39, 0.29) is 10.2 Å². The molecule has 0 fully saturated rings. The van der Waals surface area contributed by atoms with Gasteiger partial charge in [-0.2, -0.15) is 0 Å². The van der Waals surface area contributed by atoms with Crippen molar-refractivity contribution >= 4 is 37.8 Å². The molecule has 0 amide bonds. The Morgan fingerprint density at radius 1 is 1.71 bits per heavy atom. The van der Waals surface area contributed by atoms with Crippen molar-refractivity contribution < 1.29 is 9.90 Å². The zero-order valence-electron chi connectivity index (χ0n) is 3.40. The molecule has 1 N–H and O–H groups in total. The van der Waals surface area contributed by atoms with Crippen LogP contribution in [0.5, 0.6) is 0 Å². The van der Waals surface area contributed by atoms with E-state index in [1.807, 2.05) is 0 Å². The second kappa shape index (κ2) is 3.43. The van der Waals surface area contributed by atoms with Crippen molar-refractivity contribution in [3.63, 3.8) is 0 Å². The Bertz CT molecular complexity index is 71.3. The smallest absolute Gasteiger partial charge is 0.305 e. The van der Waals surface area contributed by atoms with E-state index in [1.54, 1.807) is 0 Å². The minimum Gasteiger partial charge on any atom is -0.481 e. The Labute approximate surface area is 58.2 Å². The summed E-state index contributed by atoms with van der Waals surface area (Å²) in [4.78, 5) is 9.75. The van der Waals surface area contributed by atoms with Crippen LogP contribution in [0.1, 0.15) is 6.42 Å². The number of hydrogen-bond acceptors (Lipinski definition) is 1. The van der Waals surface area contributed by atoms with E-state index in [1.165, 1.54) is 0 Å². The predicted molar refractivity (Wildman–Crippen MR) is 33.9 cm³/mol. The topological polar surface area (TPSA) is 37.3 Å². The summed E-state index contributed by atoms with van der Waals surface area (Å²) in [7, 11) is 0. The van der Waals surface area contributed by atoms with Crippen molar-refractivity contribution in [1.29, 1.82) is 0 Å². The van der Waals surface area contributed by atoms with Crippen LogP contribution in [0.2, 0.25) is 0 Å². The molecule has 0 aromatic rings. The van der Waals surface area contributed by atoms with Crippen LogP contribution in [0.25, 0.3) is 0 Å². The number of aliphatic carboxylic acids is 1. The van der Waals surface area contributed by atoms with Gasteiger partial charge in [0.1, 0.15) is 0 Å². The van der Waals surface area contributed by atoms with Crippen molar-refractivity contribution in [2.45, 2.75) is 10.2 Å². The van der Waals surface area contributed by atoms with Crippen LogP contribution in [0.15, 0.2) is 0 Å². The highest BCUT2D eigenvalue weighted by Crippen LogP contribution is 2.11. The molecule has 0 unspecified atom stereocenters. The number of carboxylic acid groups (broad SMARTS) is 1. The fourth-order valence-electron chi connectivity index (χ4n) is 0.132. The minimum atomic E-state index is -0.807. The van der Waals surface area contributed by atoms with Crippen LogP contribution in [0, 0.1) is 0 Å². The van der Waals surface area contributed by atoms with Gasteiger partial charge < -0.3 is 5.11 Å². The third kappa shape index (κ3) is 6.43. The number of carbonyl (C=O) groups is 1. The highest BCUT2D eigenvalue weighted by Gasteiger charge is 2.02. The molecule has 0 atom stereocenters. The fraction of sp³-hybridized carbons (Fsp3) is 0.667. The average Bonchev–Trinajstić information content (AvgIpc) is 1.27. The first-order valence-electron chi connectivity index (χ1n) is 1.63. The number of alkyl halides is 2. The van der Waals surface area contributed by atoms with Crippen molar-refractivity contribution in [2.24, 2.45) is 0 Å². The predicted octanol–water partition coefficient (Wildman–Crippen LogP) is 1.58. The fourth-order valence-corrected chi connectivity index (χ4v) is 0.686. The van der Waals surface area contributed by atoms with Crippen molar-refractivity contribution in [2.75, 3.05) is 0 Å². The summed E-state index contributed by atoms with van der Waals surface area (Å²) < 4.78 is -0.0995. The molecular weight excluding hydrogens is 228 g/mol. The third-order valence-corrected chi connectivity index (χ3v) is 0.976. The molecule has 0 aromatic carbocycles. The summed E-state index contributed by atoms with van der Waals surface area (Å²) in [5.74, 6) is -0.807. The molecule has 0 aliphatic rings. The molecule has 0 spiro atoms. The van der Waals surface area contributed by atoms with Crippen molar-refractivity contribution in [3.05, 3.63) is 0 Å². The second-order valence-corrected chi connectivity index (χ2v) is 4.43. The van der Waals surface area contributed by atoms with Crippen LogP contribution in [-0.4, -0.2) is 14.8 Å². The molecule has 0 aromatic heterocycles. The van der Waals surface area contributed by atoms with E-state index in [4.69, 9.17) is 5.11 Å². The van der Waals surface area contributed by atoms with E-state index in [2.05, 4.69) is 31.9 Å². The molecule has 0 rings (SSSR count). The Morgan fingerprint density at radius 3 is 2.14 bits per heavy atom. The van der Waals surface area contributed by atoms with Crippen molar-refractivity contribution in [3.8, 4) is 0 Å². The quantitative estimate of drug-likeness (QED) is 0.733. The largest absolute Gasteiger partial charge is 0.481 e. The molecule has 0 saturated carbocycles. The number of carboxylic acids is 1. The number of rotatable bonds is 2. The minimum absolute atomic E-state index is 0.0995. The van der Waals surface area contributed by atoms with Crippen molar-refractivity contribution in [1.82, 2.24) is 0 Å². The molecule has 0 aliphatic heterocycles. The molecular formula is C3H4Br2O2. The van der Waals surface area contributed by atoms with Crippen LogP contribution in [-0.2, 0) is 4.79 Å². The SMILES string of the molecule is O=C(O)CC(Br)Br. The molecule has 0 aliphatic carbocycles. The standard InChI is InChI=1S/C3H4Br2O2/c4-2(5)1-3(6)7/h2H,1H2,(H,6,7). The van der Waals surface area contributed by atoms with Gasteiger partial charge in [0, 0.05) is 0 Å². The lowest BCUT2D eigenvalue weighted by molar-refractivity contribution is -0.136. The second-order valence-electron chi connectivity index (χ2n) is 0.989. The van der Waals surface area contributed by atoms with Crippen LogP contribution in [0.3, 0.4) is 0 Å². The summed E-state index contributed by atoms with van der Waals surface area (Å²) in [6.45, 7) is 0. The monoisotopic (exact) mass is 230 g/mol. The number of hydrogen-bond donors (Lipinski definition) is 1. The summed E-state index contributed by atoms with van der Waals surface area (Å²) in [6.07, 6.45) is 0.111. The average molecular weight is 232 g/mol. The van der Waals surface area contributed by atoms with Crippen LogP contribution < -0.4 is 0 Å². The molecule has 0 bridgehead atoms. The van der Waals surface area contributed by atoms with E-state index in [0.29, 0.717) is 0 Å². The van der Waals surface area contributed by atoms with E-state index in [9.17, 15) is 4.79 Å². The highest BCUT2D eigenvalue weighted by molar-refractivity contribution is 9.24. The Kier molecular flexibility index (Phi) is 3.65. The Morgan fingerprint density at radius 2 is 2.14 bits per heavy atom. The summed E-state index contributed by atoms with van der Waals surface area (Å²) in [5.41, 5.74) is 0. The first-order valence-corrected chi connectivity index (χ1v) is 3.46. The van der Waals surface area contributed by atoms with Gasteiger partial charge >= 0.3 is 5.97 Å². The Balaban J connectivity index is 3.13. The van der Waals surface area contributed by atoms with Gasteiger partial charge in [0.2, 0.25) is 0 Å². The highest BCUT2D eigenvalue weighted by atomic mass is 79.9. The van der Waals surface area contributed by atoms with Gasteiger partial charge in [-0.15, -0.1) is 0 Å². The number of halogens is 2. The third-order valence-electron chi connectivity index (χ3n) is 0.329. The normalized spacial score (nSPS) is 9.57. The molecule has 0 saturated heterocycles. The Hall–Kier alpha value is 0.430. The van der Waals surface area contributed by atoms with Crippen LogP contribution in [0.4, 0.5) is 0 Å². The van der Waals surface area contributed by atoms with Gasteiger partial charge in [-0.1, -0.05) is 31.9 Å². The molecule has 0 radical (unpaired) electrons. The van der Waals surface area contributed by atoms with Gasteiger partial charge in [-0.05, 0) is 0 Å². The maximum absolute atomic E-state index is 9.75. The molecule has 2 nitrogen and oxygen atoms in total. The molecule has 7 heavy (non-hydrogen) atoms. The lowest BCUT2D eigenvalue weighted by atomic mass is 10.5. The lowest BCUT2D eigenvalue weighted by Gasteiger charge is -1.90. The first kappa shape index (κ1) is 7.43. The first-order chi connectivity index (χ1) is 3.13.